The van der Waals surface area contributed by atoms with Crippen LogP contribution in [0.25, 0.3) is 38.8 Å². The third-order valence-electron chi connectivity index (χ3n) is 15.9. The molecule has 404 valence electrons. The molecule has 0 N–H and O–H groups in total. The summed E-state index contributed by atoms with van der Waals surface area (Å²) in [5, 5.41) is 2.24. The first kappa shape index (κ1) is 55.1. The molecular weight excluding hydrogens is 1140 g/mol. The number of para-hydroxylation sites is 3. The SMILES string of the molecule is CC(C)(C)c1cc(N2[CH-]N(c3[c-]c(N(c4[c-]c5c(cc4)c4cc(-c6ccccc6)ccc4n5-c4cc(C(C)(C)c5cc(C(C)(C)C)cc(C(C)(C)C)c5)ccn4)c4ccccc4)ccc3)c3ccccc32)cc(C(C)(C)C)c1.[Pt]. The number of hydrogen-bond acceptors (Lipinski definition) is 4. The average molecular weight is 1220 g/mol. The summed E-state index contributed by atoms with van der Waals surface area (Å²) in [5.41, 5.74) is 18.8. The second-order valence-electron chi connectivity index (χ2n) is 26.1. The first-order valence-electron chi connectivity index (χ1n) is 27.7. The second kappa shape index (κ2) is 20.5. The molecule has 2 aromatic heterocycles. The van der Waals surface area contributed by atoms with E-state index in [0.717, 1.165) is 73.0 Å². The molecule has 79 heavy (non-hydrogen) atoms. The minimum Gasteiger partial charge on any atom is -0.493 e. The van der Waals surface area contributed by atoms with E-state index in [2.05, 4.69) is 317 Å². The van der Waals surface area contributed by atoms with Crippen LogP contribution in [0.1, 0.15) is 130 Å². The van der Waals surface area contributed by atoms with Crippen molar-refractivity contribution >= 4 is 61.6 Å². The molecule has 11 rings (SSSR count). The van der Waals surface area contributed by atoms with Crippen LogP contribution >= 0.6 is 0 Å². The molecule has 5 nitrogen and oxygen atoms in total. The van der Waals surface area contributed by atoms with Gasteiger partial charge in [0.05, 0.1) is 0 Å². The summed E-state index contributed by atoms with van der Waals surface area (Å²) in [4.78, 5) is 12.1. The van der Waals surface area contributed by atoms with Crippen molar-refractivity contribution in [3.63, 3.8) is 0 Å². The van der Waals surface area contributed by atoms with Crippen LogP contribution in [0.4, 0.5) is 39.8 Å². The van der Waals surface area contributed by atoms with Gasteiger partial charge in [-0.1, -0.05) is 211 Å². The molecule has 0 unspecified atom stereocenters. The van der Waals surface area contributed by atoms with E-state index in [1.54, 1.807) is 0 Å². The Kier molecular flexibility index (Phi) is 14.3. The number of aromatic nitrogens is 2. The van der Waals surface area contributed by atoms with Gasteiger partial charge in [0.2, 0.25) is 0 Å². The van der Waals surface area contributed by atoms with Gasteiger partial charge in [-0.25, -0.2) is 4.98 Å². The van der Waals surface area contributed by atoms with Crippen LogP contribution in [0, 0.1) is 18.8 Å². The Balaban J connectivity index is 0.00000704. The normalized spacial score (nSPS) is 13.2. The zero-order chi connectivity index (χ0) is 55.1. The van der Waals surface area contributed by atoms with E-state index in [0.29, 0.717) is 0 Å². The summed E-state index contributed by atoms with van der Waals surface area (Å²) in [5.74, 6) is 0.847. The summed E-state index contributed by atoms with van der Waals surface area (Å²) in [6.45, 7) is 34.6. The minimum absolute atomic E-state index is 0. The molecule has 0 aliphatic carbocycles. The summed E-state index contributed by atoms with van der Waals surface area (Å²) >= 11 is 0. The van der Waals surface area contributed by atoms with E-state index < -0.39 is 0 Å². The van der Waals surface area contributed by atoms with E-state index in [-0.39, 0.29) is 48.1 Å². The predicted molar refractivity (Wildman–Crippen MR) is 331 cm³/mol. The van der Waals surface area contributed by atoms with Gasteiger partial charge in [0.15, 0.2) is 0 Å². The predicted octanol–water partition coefficient (Wildman–Crippen LogP) is 19.8. The standard InChI is InChI=1S/C73H74N5.Pt/c1-69(2,3)52-39-53(70(4,5)6)42-56(41-52)73(13,14)51-36-37-74-68(45-51)78-64-35-32-50(49-24-17-15-18-25-49)38-63(64)62-34-33-60(47-67(62)78)77(57-26-19-16-20-27-57)59-29-23-28-58(46-59)75-48-76(66-31-22-21-30-65(66)75)61-43-54(71(7,8)9)40-55(44-61)72(10,11)12;/h15-45,48H,1-14H3;/q-3;. The molecule has 0 saturated carbocycles. The molecule has 0 saturated heterocycles. The zero-order valence-corrected chi connectivity index (χ0v) is 50.8. The number of benzene rings is 8. The van der Waals surface area contributed by atoms with Gasteiger partial charge in [0.1, 0.15) is 5.82 Å². The molecule has 0 radical (unpaired) electrons. The topological polar surface area (TPSA) is 27.5 Å². The number of fused-ring (bicyclic) bond motifs is 4. The van der Waals surface area contributed by atoms with Crippen LogP contribution in [-0.4, -0.2) is 9.55 Å². The largest absolute Gasteiger partial charge is 0.493 e. The monoisotopic (exact) mass is 1220 g/mol. The van der Waals surface area contributed by atoms with E-state index in [9.17, 15) is 0 Å². The zero-order valence-electron chi connectivity index (χ0n) is 48.5. The van der Waals surface area contributed by atoms with Gasteiger partial charge in [-0.15, -0.1) is 48.1 Å². The van der Waals surface area contributed by atoms with Crippen molar-refractivity contribution in [3.05, 3.63) is 240 Å². The minimum atomic E-state index is -0.339. The van der Waals surface area contributed by atoms with Crippen molar-refractivity contribution in [3.8, 4) is 16.9 Å². The van der Waals surface area contributed by atoms with Crippen molar-refractivity contribution in [2.24, 2.45) is 0 Å². The molecule has 8 aromatic carbocycles. The fourth-order valence-corrected chi connectivity index (χ4v) is 10.9. The van der Waals surface area contributed by atoms with Crippen molar-refractivity contribution < 1.29 is 21.1 Å². The van der Waals surface area contributed by atoms with Gasteiger partial charge >= 0.3 is 0 Å². The molecule has 1 aliphatic heterocycles. The third-order valence-corrected chi connectivity index (χ3v) is 15.9. The van der Waals surface area contributed by atoms with Crippen LogP contribution in [0.3, 0.4) is 0 Å². The number of rotatable bonds is 9. The van der Waals surface area contributed by atoms with Crippen molar-refractivity contribution in [2.75, 3.05) is 14.7 Å². The van der Waals surface area contributed by atoms with Crippen molar-refractivity contribution in [1.82, 2.24) is 9.55 Å². The van der Waals surface area contributed by atoms with E-state index in [1.165, 1.54) is 38.9 Å². The Hall–Kier alpha value is -7.20. The van der Waals surface area contributed by atoms with E-state index in [1.807, 2.05) is 6.20 Å². The molecule has 0 spiro atoms. The smallest absolute Gasteiger partial charge is 0.135 e. The van der Waals surface area contributed by atoms with Gasteiger partial charge in [0.25, 0.3) is 0 Å². The quantitative estimate of drug-likeness (QED) is 0.135. The molecule has 0 bridgehead atoms. The Morgan fingerprint density at radius 1 is 0.430 bits per heavy atom. The van der Waals surface area contributed by atoms with Crippen LogP contribution in [0.2, 0.25) is 0 Å². The Morgan fingerprint density at radius 2 is 0.975 bits per heavy atom. The second-order valence-corrected chi connectivity index (χ2v) is 26.1. The summed E-state index contributed by atoms with van der Waals surface area (Å²) in [7, 11) is 0. The maximum atomic E-state index is 5.22. The summed E-state index contributed by atoms with van der Waals surface area (Å²) in [6.07, 6.45) is 1.99. The van der Waals surface area contributed by atoms with Gasteiger partial charge in [-0.2, -0.15) is 12.1 Å². The number of nitrogens with zero attached hydrogens (tertiary/aromatic N) is 5. The molecule has 0 fully saturated rings. The maximum absolute atomic E-state index is 5.22. The summed E-state index contributed by atoms with van der Waals surface area (Å²) < 4.78 is 2.32. The van der Waals surface area contributed by atoms with E-state index >= 15 is 0 Å². The van der Waals surface area contributed by atoms with Gasteiger partial charge < -0.3 is 19.3 Å². The first-order chi connectivity index (χ1) is 36.9. The molecule has 1 aliphatic rings. The first-order valence-corrected chi connectivity index (χ1v) is 27.7. The van der Waals surface area contributed by atoms with Crippen LogP contribution in [0.15, 0.2) is 188 Å². The van der Waals surface area contributed by atoms with Crippen LogP contribution in [-0.2, 0) is 48.1 Å². The fraction of sp³-hybridized carbons (Fsp3) is 0.260. The fourth-order valence-electron chi connectivity index (χ4n) is 10.9. The van der Waals surface area contributed by atoms with Gasteiger partial charge in [0, 0.05) is 60.9 Å². The molecule has 0 amide bonds. The third kappa shape index (κ3) is 10.6. The van der Waals surface area contributed by atoms with Crippen LogP contribution in [0.5, 0.6) is 0 Å². The molecular formula is C73H74N5Pt-3. The van der Waals surface area contributed by atoms with Crippen molar-refractivity contribution in [2.45, 2.75) is 124 Å². The van der Waals surface area contributed by atoms with Crippen molar-refractivity contribution in [1.29, 1.82) is 0 Å². The van der Waals surface area contributed by atoms with E-state index in [4.69, 9.17) is 4.98 Å². The maximum Gasteiger partial charge on any atom is 0.135 e. The van der Waals surface area contributed by atoms with Gasteiger partial charge in [-0.3, -0.25) is 0 Å². The van der Waals surface area contributed by atoms with Gasteiger partial charge in [-0.05, 0) is 126 Å². The molecule has 3 heterocycles. The van der Waals surface area contributed by atoms with Crippen LogP contribution < -0.4 is 14.7 Å². The molecule has 10 aromatic rings. The summed E-state index contributed by atoms with van der Waals surface area (Å²) in [6, 6.07) is 74.6. The number of anilines is 7. The Labute approximate surface area is 485 Å². The molecule has 6 heteroatoms. The Morgan fingerprint density at radius 3 is 1.58 bits per heavy atom. The Bertz CT molecular complexity index is 3790. The molecule has 0 atom stereocenters. The average Bonchev–Trinajstić information content (AvgIpc) is 4.02. The number of pyridine rings is 1. The number of hydrogen-bond donors (Lipinski definition) is 0.